The Balaban J connectivity index is 3.17. The highest BCUT2D eigenvalue weighted by Crippen LogP contribution is 2.33. The van der Waals surface area contributed by atoms with Gasteiger partial charge in [0, 0.05) is 12.2 Å². The Bertz CT molecular complexity index is 389. The average molecular weight is 224 g/mol. The highest BCUT2D eigenvalue weighted by molar-refractivity contribution is 5.81. The van der Waals surface area contributed by atoms with Crippen molar-refractivity contribution in [3.63, 3.8) is 0 Å². The van der Waals surface area contributed by atoms with Crippen LogP contribution in [0, 0.1) is 12.3 Å². The number of nitrogens with zero attached hydrogens (tertiary/aromatic N) is 1. The molecule has 0 aliphatic heterocycles. The smallest absolute Gasteiger partial charge is 0.228 e. The molecule has 0 aliphatic carbocycles. The first kappa shape index (κ1) is 12.7. The zero-order valence-electron chi connectivity index (χ0n) is 10.3. The number of primary amides is 1. The minimum atomic E-state index is -0.425. The van der Waals surface area contributed by atoms with E-state index in [1.54, 1.807) is 0 Å². The predicted molar refractivity (Wildman–Crippen MR) is 62.6 cm³/mol. The number of H-pyrrole nitrogens is 1. The van der Waals surface area contributed by atoms with E-state index in [-0.39, 0.29) is 11.3 Å². The van der Waals surface area contributed by atoms with Gasteiger partial charge in [0.1, 0.15) is 11.7 Å². The summed E-state index contributed by atoms with van der Waals surface area (Å²) in [5.41, 5.74) is 12.4. The Hall–Kier alpha value is -1.36. The summed E-state index contributed by atoms with van der Waals surface area (Å²) in [5, 5.41) is 0. The first-order valence-corrected chi connectivity index (χ1v) is 5.32. The van der Waals surface area contributed by atoms with Crippen LogP contribution in [0.15, 0.2) is 0 Å². The van der Waals surface area contributed by atoms with Gasteiger partial charge in [-0.2, -0.15) is 0 Å². The van der Waals surface area contributed by atoms with Crippen molar-refractivity contribution in [2.24, 2.45) is 16.9 Å². The van der Waals surface area contributed by atoms with Crippen LogP contribution in [0.3, 0.4) is 0 Å². The zero-order valence-corrected chi connectivity index (χ0v) is 10.3. The average Bonchev–Trinajstić information content (AvgIpc) is 2.43. The summed E-state index contributed by atoms with van der Waals surface area (Å²) in [6.07, 6.45) is 0. The molecule has 16 heavy (non-hydrogen) atoms. The van der Waals surface area contributed by atoms with Crippen molar-refractivity contribution in [3.05, 3.63) is 17.2 Å². The molecule has 0 saturated heterocycles. The van der Waals surface area contributed by atoms with Crippen molar-refractivity contribution >= 4 is 5.91 Å². The Morgan fingerprint density at radius 3 is 2.38 bits per heavy atom. The fourth-order valence-electron chi connectivity index (χ4n) is 1.83. The fraction of sp³-hybridized carbons (Fsp3) is 0.636. The molecule has 0 spiro atoms. The number of hydrogen-bond acceptors (Lipinski definition) is 3. The normalized spacial score (nSPS) is 13.8. The number of nitrogens with one attached hydrogen (secondary N) is 1. The third kappa shape index (κ3) is 2.41. The maximum absolute atomic E-state index is 11.5. The summed E-state index contributed by atoms with van der Waals surface area (Å²) in [5.74, 6) is -0.186. The van der Waals surface area contributed by atoms with Crippen LogP contribution in [0.25, 0.3) is 0 Å². The molecule has 0 saturated carbocycles. The predicted octanol–water partition coefficient (Wildman–Crippen LogP) is 0.792. The van der Waals surface area contributed by atoms with Crippen molar-refractivity contribution in [2.45, 2.75) is 40.2 Å². The van der Waals surface area contributed by atoms with E-state index < -0.39 is 5.92 Å². The molecule has 5 nitrogen and oxygen atoms in total. The van der Waals surface area contributed by atoms with Gasteiger partial charge in [-0.05, 0) is 12.3 Å². The van der Waals surface area contributed by atoms with E-state index in [1.165, 1.54) is 0 Å². The van der Waals surface area contributed by atoms with Crippen LogP contribution in [0.5, 0.6) is 0 Å². The number of aryl methyl sites for hydroxylation is 1. The maximum atomic E-state index is 11.5. The van der Waals surface area contributed by atoms with E-state index >= 15 is 0 Å². The third-order valence-electron chi connectivity index (χ3n) is 2.62. The van der Waals surface area contributed by atoms with Gasteiger partial charge >= 0.3 is 0 Å². The van der Waals surface area contributed by atoms with Crippen molar-refractivity contribution in [1.29, 1.82) is 0 Å². The number of aromatic amines is 1. The van der Waals surface area contributed by atoms with Gasteiger partial charge in [-0.15, -0.1) is 0 Å². The van der Waals surface area contributed by atoms with Crippen LogP contribution in [0.1, 0.15) is 43.9 Å². The molecule has 1 aromatic heterocycles. The van der Waals surface area contributed by atoms with Gasteiger partial charge in [0.25, 0.3) is 0 Å². The highest BCUT2D eigenvalue weighted by Gasteiger charge is 2.33. The highest BCUT2D eigenvalue weighted by atomic mass is 16.1. The number of carbonyl (C=O) groups excluding carboxylic acids is 1. The number of hydrogen-bond donors (Lipinski definition) is 3. The van der Waals surface area contributed by atoms with Crippen molar-refractivity contribution in [3.8, 4) is 0 Å². The molecule has 0 fully saturated rings. The Kier molecular flexibility index (Phi) is 3.38. The third-order valence-corrected chi connectivity index (χ3v) is 2.62. The molecule has 1 amide bonds. The molecule has 5 N–H and O–H groups in total. The lowest BCUT2D eigenvalue weighted by Crippen LogP contribution is -2.32. The fourth-order valence-corrected chi connectivity index (χ4v) is 1.83. The maximum Gasteiger partial charge on any atom is 0.228 e. The molecule has 1 aromatic rings. The molecular weight excluding hydrogens is 204 g/mol. The molecule has 1 atom stereocenters. The van der Waals surface area contributed by atoms with Gasteiger partial charge in [-0.25, -0.2) is 4.98 Å². The van der Waals surface area contributed by atoms with Gasteiger partial charge in [-0.1, -0.05) is 20.8 Å². The number of aromatic nitrogens is 2. The summed E-state index contributed by atoms with van der Waals surface area (Å²) in [6.45, 7) is 8.13. The molecule has 5 heteroatoms. The minimum Gasteiger partial charge on any atom is -0.369 e. The topological polar surface area (TPSA) is 97.8 Å². The van der Waals surface area contributed by atoms with E-state index in [0.29, 0.717) is 12.4 Å². The van der Waals surface area contributed by atoms with Crippen molar-refractivity contribution < 1.29 is 4.79 Å². The Morgan fingerprint density at radius 2 is 2.06 bits per heavy atom. The van der Waals surface area contributed by atoms with Gasteiger partial charge in [0.15, 0.2) is 0 Å². The lowest BCUT2D eigenvalue weighted by atomic mass is 9.80. The zero-order chi connectivity index (χ0) is 12.5. The summed E-state index contributed by atoms with van der Waals surface area (Å²) < 4.78 is 0. The SMILES string of the molecule is Cc1[nH]c(C(C(N)=O)C(C)(C)C)nc1CN. The van der Waals surface area contributed by atoms with E-state index in [2.05, 4.69) is 9.97 Å². The molecule has 0 bridgehead atoms. The summed E-state index contributed by atoms with van der Waals surface area (Å²) in [6, 6.07) is 0. The molecule has 1 heterocycles. The van der Waals surface area contributed by atoms with Gasteiger partial charge in [0.2, 0.25) is 5.91 Å². The van der Waals surface area contributed by atoms with Gasteiger partial charge in [-0.3, -0.25) is 4.79 Å². The van der Waals surface area contributed by atoms with Crippen LogP contribution < -0.4 is 11.5 Å². The first-order chi connectivity index (χ1) is 7.27. The van der Waals surface area contributed by atoms with Crippen LogP contribution in [0.4, 0.5) is 0 Å². The lowest BCUT2D eigenvalue weighted by molar-refractivity contribution is -0.121. The van der Waals surface area contributed by atoms with E-state index in [1.807, 2.05) is 27.7 Å². The second-order valence-corrected chi connectivity index (χ2v) is 5.10. The lowest BCUT2D eigenvalue weighted by Gasteiger charge is -2.26. The minimum absolute atomic E-state index is 0.262. The molecule has 1 unspecified atom stereocenters. The molecule has 90 valence electrons. The van der Waals surface area contributed by atoms with Crippen molar-refractivity contribution in [1.82, 2.24) is 9.97 Å². The Morgan fingerprint density at radius 1 is 1.50 bits per heavy atom. The number of imidazole rings is 1. The van der Waals surface area contributed by atoms with Crippen molar-refractivity contribution in [2.75, 3.05) is 0 Å². The number of amides is 1. The quantitative estimate of drug-likeness (QED) is 0.708. The largest absolute Gasteiger partial charge is 0.369 e. The molecule has 1 rings (SSSR count). The van der Waals surface area contributed by atoms with Crippen LogP contribution in [-0.4, -0.2) is 15.9 Å². The number of carbonyl (C=O) groups is 1. The standard InChI is InChI=1S/C11H20N4O/c1-6-7(5-12)15-10(14-6)8(9(13)16)11(2,3)4/h8H,5,12H2,1-4H3,(H2,13,16)(H,14,15). The van der Waals surface area contributed by atoms with E-state index in [4.69, 9.17) is 11.5 Å². The molecule has 0 radical (unpaired) electrons. The first-order valence-electron chi connectivity index (χ1n) is 5.32. The number of nitrogens with two attached hydrogens (primary N) is 2. The number of rotatable bonds is 3. The summed E-state index contributed by atoms with van der Waals surface area (Å²) in [4.78, 5) is 18.9. The molecule has 0 aliphatic rings. The summed E-state index contributed by atoms with van der Waals surface area (Å²) >= 11 is 0. The van der Waals surface area contributed by atoms with Gasteiger partial charge in [0.05, 0.1) is 5.69 Å². The second kappa shape index (κ2) is 4.25. The van der Waals surface area contributed by atoms with Crippen LogP contribution >= 0.6 is 0 Å². The van der Waals surface area contributed by atoms with E-state index in [9.17, 15) is 4.79 Å². The van der Waals surface area contributed by atoms with Crippen LogP contribution in [-0.2, 0) is 11.3 Å². The Labute approximate surface area is 95.6 Å². The molecular formula is C11H20N4O. The van der Waals surface area contributed by atoms with Gasteiger partial charge < -0.3 is 16.5 Å². The second-order valence-electron chi connectivity index (χ2n) is 5.10. The monoisotopic (exact) mass is 224 g/mol. The molecule has 0 aromatic carbocycles. The van der Waals surface area contributed by atoms with E-state index in [0.717, 1.165) is 11.4 Å². The summed E-state index contributed by atoms with van der Waals surface area (Å²) in [7, 11) is 0. The van der Waals surface area contributed by atoms with Crippen LogP contribution in [0.2, 0.25) is 0 Å².